The van der Waals surface area contributed by atoms with Crippen LogP contribution in [-0.4, -0.2) is 33.0 Å². The molecular weight excluding hydrogens is 457 g/mol. The van der Waals surface area contributed by atoms with E-state index >= 15 is 0 Å². The SMILES string of the molecule is CCc1c(C)c2c(c(O)c1CC=C(C)Cc1ccccc1ON([PH2]=O)[C@@H](C)C(=O)O)C(=O)OC2. The highest BCUT2D eigenvalue weighted by Gasteiger charge is 2.30. The molecule has 0 bridgehead atoms. The minimum atomic E-state index is -1.60. The van der Waals surface area contributed by atoms with Crippen LogP contribution in [0.4, 0.5) is 0 Å². The number of hydrogen-bond acceptors (Lipinski definition) is 6. The van der Waals surface area contributed by atoms with Crippen molar-refractivity contribution in [2.24, 2.45) is 0 Å². The van der Waals surface area contributed by atoms with Gasteiger partial charge in [-0.1, -0.05) is 41.6 Å². The molecule has 0 saturated heterocycles. The molecule has 1 unspecified atom stereocenters. The topological polar surface area (TPSA) is 113 Å². The van der Waals surface area contributed by atoms with Gasteiger partial charge in [0.25, 0.3) is 0 Å². The fourth-order valence-corrected chi connectivity index (χ4v) is 4.61. The van der Waals surface area contributed by atoms with Gasteiger partial charge in [0.15, 0.2) is 14.4 Å². The van der Waals surface area contributed by atoms with Crippen molar-refractivity contribution in [2.45, 2.75) is 59.6 Å². The maximum absolute atomic E-state index is 12.1. The van der Waals surface area contributed by atoms with E-state index in [-0.39, 0.29) is 17.9 Å². The molecule has 1 heterocycles. The van der Waals surface area contributed by atoms with Gasteiger partial charge in [0.2, 0.25) is 0 Å². The van der Waals surface area contributed by atoms with Crippen LogP contribution in [0.3, 0.4) is 0 Å². The summed E-state index contributed by atoms with van der Waals surface area (Å²) in [5, 5.41) is 20.1. The first-order chi connectivity index (χ1) is 16.2. The largest absolute Gasteiger partial charge is 0.507 e. The number of hydroxylamine groups is 1. The Balaban J connectivity index is 1.85. The van der Waals surface area contributed by atoms with Gasteiger partial charge in [0.1, 0.15) is 24.0 Å². The molecule has 0 fully saturated rings. The molecule has 0 radical (unpaired) electrons. The molecule has 34 heavy (non-hydrogen) atoms. The molecule has 3 rings (SSSR count). The zero-order chi connectivity index (χ0) is 25.0. The van der Waals surface area contributed by atoms with E-state index in [1.54, 1.807) is 12.1 Å². The highest BCUT2D eigenvalue weighted by atomic mass is 31.1. The Bertz CT molecular complexity index is 1160. The molecular formula is C25H30NO7P. The summed E-state index contributed by atoms with van der Waals surface area (Å²) in [4.78, 5) is 30.0. The molecule has 0 aromatic heterocycles. The number of para-hydroxylation sites is 1. The third-order valence-electron chi connectivity index (χ3n) is 6.14. The van der Waals surface area contributed by atoms with Crippen molar-refractivity contribution >= 4 is 20.5 Å². The lowest BCUT2D eigenvalue weighted by Crippen LogP contribution is -2.34. The summed E-state index contributed by atoms with van der Waals surface area (Å²) in [5.74, 6) is -1.20. The van der Waals surface area contributed by atoms with Gasteiger partial charge >= 0.3 is 11.9 Å². The van der Waals surface area contributed by atoms with Crippen LogP contribution in [-0.2, 0) is 40.0 Å². The number of aromatic hydroxyl groups is 1. The summed E-state index contributed by atoms with van der Waals surface area (Å²) in [7, 11) is -1.60. The van der Waals surface area contributed by atoms with E-state index in [0.717, 1.165) is 44.6 Å². The van der Waals surface area contributed by atoms with E-state index < -0.39 is 26.6 Å². The number of carbonyl (C=O) groups excluding carboxylic acids is 1. The van der Waals surface area contributed by atoms with Crippen molar-refractivity contribution in [1.82, 2.24) is 4.83 Å². The van der Waals surface area contributed by atoms with E-state index in [1.165, 1.54) is 6.92 Å². The van der Waals surface area contributed by atoms with Crippen LogP contribution in [0.15, 0.2) is 35.9 Å². The third-order valence-corrected chi connectivity index (χ3v) is 6.90. The number of carboxylic acid groups (broad SMARTS) is 1. The first kappa shape index (κ1) is 25.5. The standard InChI is InChI=1S/C25H30NO7P/c1-5-18-15(3)20-13-32-25(30)22(20)23(27)19(18)11-10-14(2)12-17-8-6-7-9-21(17)33-26(34-31)16(4)24(28)29/h6-10,16,27H,5,11-13,34H2,1-4H3,(H,28,29)/t16-/m0/s1. The molecule has 0 amide bonds. The molecule has 1 aliphatic rings. The minimum absolute atomic E-state index is 0.00976. The third kappa shape index (κ3) is 5.18. The van der Waals surface area contributed by atoms with E-state index in [2.05, 4.69) is 0 Å². The normalized spacial score (nSPS) is 14.5. The summed E-state index contributed by atoms with van der Waals surface area (Å²) in [5.41, 5.74) is 5.54. The van der Waals surface area contributed by atoms with Gasteiger partial charge < -0.3 is 24.4 Å². The summed E-state index contributed by atoms with van der Waals surface area (Å²) < 4.78 is 16.7. The Morgan fingerprint density at radius 3 is 2.68 bits per heavy atom. The van der Waals surface area contributed by atoms with Crippen LogP contribution in [0, 0.1) is 6.92 Å². The molecule has 8 nitrogen and oxygen atoms in total. The van der Waals surface area contributed by atoms with E-state index in [1.807, 2.05) is 39.0 Å². The molecule has 0 spiro atoms. The molecule has 2 aromatic rings. The molecule has 0 aliphatic carbocycles. The monoisotopic (exact) mass is 487 g/mol. The quantitative estimate of drug-likeness (QED) is 0.219. The number of fused-ring (bicyclic) bond motifs is 1. The molecule has 182 valence electrons. The van der Waals surface area contributed by atoms with Gasteiger partial charge in [0.05, 0.1) is 0 Å². The predicted molar refractivity (Wildman–Crippen MR) is 129 cm³/mol. The number of carbonyl (C=O) groups is 2. The van der Waals surface area contributed by atoms with Gasteiger partial charge in [-0.15, -0.1) is 0 Å². The van der Waals surface area contributed by atoms with Gasteiger partial charge in [-0.05, 0) is 57.2 Å². The highest BCUT2D eigenvalue weighted by Crippen LogP contribution is 2.38. The second-order valence-corrected chi connectivity index (χ2v) is 9.04. The van der Waals surface area contributed by atoms with Crippen molar-refractivity contribution in [3.8, 4) is 11.5 Å². The van der Waals surface area contributed by atoms with Gasteiger partial charge in [-0.2, -0.15) is 0 Å². The van der Waals surface area contributed by atoms with E-state index in [9.17, 15) is 24.4 Å². The first-order valence-corrected chi connectivity index (χ1v) is 12.1. The Hall–Kier alpha value is -3.09. The van der Waals surface area contributed by atoms with E-state index in [0.29, 0.717) is 18.6 Å². The average molecular weight is 487 g/mol. The number of cyclic esters (lactones) is 1. The fraction of sp³-hybridized carbons (Fsp3) is 0.360. The number of nitrogens with zero attached hydrogens (tertiary/aromatic N) is 1. The van der Waals surface area contributed by atoms with Crippen LogP contribution in [0.25, 0.3) is 0 Å². The summed E-state index contributed by atoms with van der Waals surface area (Å²) in [6.45, 7) is 7.52. The molecule has 2 N–H and O–H groups in total. The van der Waals surface area contributed by atoms with Crippen molar-refractivity contribution in [3.05, 3.63) is 69.3 Å². The number of carboxylic acids is 1. The Morgan fingerprint density at radius 2 is 2.03 bits per heavy atom. The predicted octanol–water partition coefficient (Wildman–Crippen LogP) is 4.41. The van der Waals surface area contributed by atoms with Gasteiger partial charge in [-0.25, -0.2) is 4.79 Å². The number of ether oxygens (including phenoxy) is 1. The van der Waals surface area contributed by atoms with E-state index in [4.69, 9.17) is 9.57 Å². The fourth-order valence-electron chi connectivity index (χ4n) is 4.14. The number of esters is 1. The first-order valence-electron chi connectivity index (χ1n) is 11.1. The number of allylic oxidation sites excluding steroid dienone is 2. The van der Waals surface area contributed by atoms with Gasteiger partial charge in [0, 0.05) is 16.7 Å². The lowest BCUT2D eigenvalue weighted by molar-refractivity contribution is -0.147. The molecule has 0 saturated carbocycles. The van der Waals surface area contributed by atoms with Crippen molar-refractivity contribution in [2.75, 3.05) is 0 Å². The number of aliphatic carboxylic acids is 1. The van der Waals surface area contributed by atoms with Crippen LogP contribution in [0.2, 0.25) is 0 Å². The zero-order valence-corrected chi connectivity index (χ0v) is 20.9. The molecule has 2 aromatic carbocycles. The second kappa shape index (κ2) is 10.9. The average Bonchev–Trinajstić information content (AvgIpc) is 3.21. The Labute approximate surface area is 200 Å². The number of benzene rings is 2. The molecule has 2 atom stereocenters. The minimum Gasteiger partial charge on any atom is -0.507 e. The van der Waals surface area contributed by atoms with Crippen molar-refractivity contribution < 1.29 is 33.9 Å². The van der Waals surface area contributed by atoms with Crippen LogP contribution >= 0.6 is 8.61 Å². The number of phenols is 1. The smallest absolute Gasteiger partial charge is 0.342 e. The maximum atomic E-state index is 12.1. The summed E-state index contributed by atoms with van der Waals surface area (Å²) in [6, 6.07) is 6.12. The molecule has 9 heteroatoms. The number of hydrogen-bond donors (Lipinski definition) is 2. The number of rotatable bonds is 10. The Kier molecular flexibility index (Phi) is 8.18. The highest BCUT2D eigenvalue weighted by molar-refractivity contribution is 7.20. The second-order valence-electron chi connectivity index (χ2n) is 8.32. The summed E-state index contributed by atoms with van der Waals surface area (Å²) in [6.07, 6.45) is 3.66. The van der Waals surface area contributed by atoms with Gasteiger partial charge in [-0.3, -0.25) is 4.79 Å². The summed E-state index contributed by atoms with van der Waals surface area (Å²) >= 11 is 0. The van der Waals surface area contributed by atoms with Crippen LogP contribution in [0.5, 0.6) is 11.5 Å². The van der Waals surface area contributed by atoms with Crippen molar-refractivity contribution in [3.63, 3.8) is 0 Å². The lowest BCUT2D eigenvalue weighted by atomic mass is 9.89. The molecule has 1 aliphatic heterocycles. The van der Waals surface area contributed by atoms with Crippen LogP contribution < -0.4 is 4.84 Å². The van der Waals surface area contributed by atoms with Crippen molar-refractivity contribution in [1.29, 1.82) is 0 Å². The lowest BCUT2D eigenvalue weighted by Gasteiger charge is -2.22. The number of phenolic OH excluding ortho intramolecular Hbond substituents is 1. The van der Waals surface area contributed by atoms with Crippen LogP contribution in [0.1, 0.15) is 58.9 Å². The Morgan fingerprint density at radius 1 is 1.32 bits per heavy atom. The zero-order valence-electron chi connectivity index (χ0n) is 19.8. The maximum Gasteiger partial charge on any atom is 0.342 e.